The number of nitrogens with two attached hydrogens (primary N) is 1. The standard InChI is InChI=1S/C8H11N5O/c9-3-1-7(14)6-2-4-13-8(5-6)10-11-12-13/h2,4-5,7,14H,1,3,9H2. The predicted octanol–water partition coefficient (Wildman–Crippen LogP) is -0.493. The van der Waals surface area contributed by atoms with Crippen molar-refractivity contribution in [1.82, 2.24) is 20.0 Å². The van der Waals surface area contributed by atoms with Gasteiger partial charge in [-0.1, -0.05) is 0 Å². The molecule has 0 saturated carbocycles. The molecule has 0 amide bonds. The molecule has 6 nitrogen and oxygen atoms in total. The molecule has 2 rings (SSSR count). The molecule has 2 aromatic rings. The Morgan fingerprint density at radius 3 is 3.21 bits per heavy atom. The summed E-state index contributed by atoms with van der Waals surface area (Å²) in [7, 11) is 0. The van der Waals surface area contributed by atoms with Crippen molar-refractivity contribution in [2.45, 2.75) is 12.5 Å². The highest BCUT2D eigenvalue weighted by Gasteiger charge is 2.07. The van der Waals surface area contributed by atoms with E-state index in [0.717, 1.165) is 5.56 Å². The number of hydrogen-bond acceptors (Lipinski definition) is 5. The summed E-state index contributed by atoms with van der Waals surface area (Å²) in [6.07, 6.45) is 1.71. The van der Waals surface area contributed by atoms with Gasteiger partial charge in [-0.05, 0) is 41.1 Å². The summed E-state index contributed by atoms with van der Waals surface area (Å²) < 4.78 is 1.54. The summed E-state index contributed by atoms with van der Waals surface area (Å²) in [4.78, 5) is 0. The normalized spacial score (nSPS) is 13.3. The molecular formula is C8H11N5O. The summed E-state index contributed by atoms with van der Waals surface area (Å²) in [6, 6.07) is 3.53. The van der Waals surface area contributed by atoms with E-state index in [2.05, 4.69) is 15.5 Å². The third kappa shape index (κ3) is 1.57. The molecule has 74 valence electrons. The molecule has 0 aromatic carbocycles. The van der Waals surface area contributed by atoms with Crippen molar-refractivity contribution in [3.63, 3.8) is 0 Å². The van der Waals surface area contributed by atoms with Crippen molar-refractivity contribution >= 4 is 5.65 Å². The fourth-order valence-electron chi connectivity index (χ4n) is 1.29. The van der Waals surface area contributed by atoms with Crippen LogP contribution in [0.3, 0.4) is 0 Å². The van der Waals surface area contributed by atoms with Crippen LogP contribution in [-0.2, 0) is 0 Å². The second-order valence-electron chi connectivity index (χ2n) is 3.03. The first-order valence-corrected chi connectivity index (χ1v) is 4.37. The van der Waals surface area contributed by atoms with E-state index in [0.29, 0.717) is 18.6 Å². The fourth-order valence-corrected chi connectivity index (χ4v) is 1.29. The van der Waals surface area contributed by atoms with Crippen LogP contribution in [0.1, 0.15) is 18.1 Å². The first kappa shape index (κ1) is 9.04. The first-order chi connectivity index (χ1) is 6.81. The minimum Gasteiger partial charge on any atom is -0.388 e. The van der Waals surface area contributed by atoms with Gasteiger partial charge in [-0.3, -0.25) is 0 Å². The summed E-state index contributed by atoms with van der Waals surface area (Å²) in [6.45, 7) is 0.456. The number of tetrazole rings is 1. The SMILES string of the molecule is NCCC(O)c1ccn2nnnc2c1. The Bertz CT molecular complexity index is 426. The molecule has 0 bridgehead atoms. The van der Waals surface area contributed by atoms with Gasteiger partial charge in [0.25, 0.3) is 0 Å². The Hall–Kier alpha value is -1.53. The zero-order valence-corrected chi connectivity index (χ0v) is 7.54. The summed E-state index contributed by atoms with van der Waals surface area (Å²) >= 11 is 0. The molecule has 0 radical (unpaired) electrons. The second kappa shape index (κ2) is 3.69. The average molecular weight is 193 g/mol. The number of aliphatic hydroxyl groups excluding tert-OH is 1. The lowest BCUT2D eigenvalue weighted by Crippen LogP contribution is -2.07. The Labute approximate surface area is 80.3 Å². The zero-order chi connectivity index (χ0) is 9.97. The van der Waals surface area contributed by atoms with Crippen molar-refractivity contribution in [1.29, 1.82) is 0 Å². The molecule has 3 N–H and O–H groups in total. The lowest BCUT2D eigenvalue weighted by Gasteiger charge is -2.08. The van der Waals surface area contributed by atoms with Gasteiger partial charge in [0.1, 0.15) is 0 Å². The molecule has 0 fully saturated rings. The number of fused-ring (bicyclic) bond motifs is 1. The van der Waals surface area contributed by atoms with E-state index < -0.39 is 6.10 Å². The highest BCUT2D eigenvalue weighted by molar-refractivity contribution is 5.39. The molecule has 6 heteroatoms. The van der Waals surface area contributed by atoms with Crippen LogP contribution in [0.5, 0.6) is 0 Å². The number of nitrogens with zero attached hydrogens (tertiary/aromatic N) is 4. The van der Waals surface area contributed by atoms with Gasteiger partial charge < -0.3 is 10.8 Å². The average Bonchev–Trinajstić information content (AvgIpc) is 2.64. The molecule has 1 unspecified atom stereocenters. The molecular weight excluding hydrogens is 182 g/mol. The maximum atomic E-state index is 9.66. The van der Waals surface area contributed by atoms with E-state index in [4.69, 9.17) is 5.73 Å². The van der Waals surface area contributed by atoms with Crippen LogP contribution in [0.25, 0.3) is 5.65 Å². The van der Waals surface area contributed by atoms with Crippen LogP contribution in [0, 0.1) is 0 Å². The molecule has 0 aliphatic heterocycles. The molecule has 2 aromatic heterocycles. The summed E-state index contributed by atoms with van der Waals surface area (Å²) in [5.74, 6) is 0. The van der Waals surface area contributed by atoms with E-state index in [1.165, 1.54) is 0 Å². The van der Waals surface area contributed by atoms with Gasteiger partial charge in [0.15, 0.2) is 5.65 Å². The van der Waals surface area contributed by atoms with Crippen molar-refractivity contribution in [2.75, 3.05) is 6.54 Å². The van der Waals surface area contributed by atoms with Gasteiger partial charge >= 0.3 is 0 Å². The Morgan fingerprint density at radius 2 is 2.43 bits per heavy atom. The molecule has 14 heavy (non-hydrogen) atoms. The third-order valence-electron chi connectivity index (χ3n) is 2.05. The van der Waals surface area contributed by atoms with E-state index in [1.54, 1.807) is 22.8 Å². The smallest absolute Gasteiger partial charge is 0.179 e. The largest absolute Gasteiger partial charge is 0.388 e. The highest BCUT2D eigenvalue weighted by atomic mass is 16.3. The van der Waals surface area contributed by atoms with Crippen LogP contribution >= 0.6 is 0 Å². The topological polar surface area (TPSA) is 89.3 Å². The van der Waals surface area contributed by atoms with Crippen LogP contribution < -0.4 is 5.73 Å². The number of aliphatic hydroxyl groups is 1. The maximum absolute atomic E-state index is 9.66. The van der Waals surface area contributed by atoms with Gasteiger partial charge in [0.05, 0.1) is 6.10 Å². The zero-order valence-electron chi connectivity index (χ0n) is 7.54. The van der Waals surface area contributed by atoms with Crippen LogP contribution in [0.15, 0.2) is 18.3 Å². The molecule has 0 aliphatic rings. The fraction of sp³-hybridized carbons (Fsp3) is 0.375. The van der Waals surface area contributed by atoms with Crippen LogP contribution in [-0.4, -0.2) is 31.7 Å². The van der Waals surface area contributed by atoms with Gasteiger partial charge in [-0.15, -0.1) is 5.10 Å². The number of aromatic nitrogens is 4. The number of rotatable bonds is 3. The van der Waals surface area contributed by atoms with Crippen molar-refractivity contribution in [2.24, 2.45) is 5.73 Å². The number of pyridine rings is 1. The van der Waals surface area contributed by atoms with Crippen molar-refractivity contribution in [3.8, 4) is 0 Å². The van der Waals surface area contributed by atoms with Crippen molar-refractivity contribution < 1.29 is 5.11 Å². The van der Waals surface area contributed by atoms with Crippen LogP contribution in [0.4, 0.5) is 0 Å². The molecule has 0 saturated heterocycles. The third-order valence-corrected chi connectivity index (χ3v) is 2.05. The van der Waals surface area contributed by atoms with Gasteiger partial charge in [-0.2, -0.15) is 0 Å². The Balaban J connectivity index is 2.33. The lowest BCUT2D eigenvalue weighted by molar-refractivity contribution is 0.170. The Morgan fingerprint density at radius 1 is 1.57 bits per heavy atom. The molecule has 1 atom stereocenters. The van der Waals surface area contributed by atoms with E-state index in [1.807, 2.05) is 0 Å². The summed E-state index contributed by atoms with van der Waals surface area (Å²) in [5.41, 5.74) is 6.77. The van der Waals surface area contributed by atoms with Gasteiger partial charge in [0.2, 0.25) is 0 Å². The van der Waals surface area contributed by atoms with Crippen LogP contribution in [0.2, 0.25) is 0 Å². The predicted molar refractivity (Wildman–Crippen MR) is 49.4 cm³/mol. The van der Waals surface area contributed by atoms with Gasteiger partial charge in [0, 0.05) is 6.20 Å². The first-order valence-electron chi connectivity index (χ1n) is 4.37. The van der Waals surface area contributed by atoms with E-state index in [9.17, 15) is 5.11 Å². The maximum Gasteiger partial charge on any atom is 0.179 e. The monoisotopic (exact) mass is 193 g/mol. The Kier molecular flexibility index (Phi) is 2.38. The van der Waals surface area contributed by atoms with Gasteiger partial charge in [-0.25, -0.2) is 4.52 Å². The highest BCUT2D eigenvalue weighted by Crippen LogP contribution is 2.16. The van der Waals surface area contributed by atoms with E-state index >= 15 is 0 Å². The quantitative estimate of drug-likeness (QED) is 0.686. The lowest BCUT2D eigenvalue weighted by atomic mass is 10.1. The minimum absolute atomic E-state index is 0.456. The summed E-state index contributed by atoms with van der Waals surface area (Å²) in [5, 5.41) is 20.7. The minimum atomic E-state index is -0.540. The number of hydrogen-bond donors (Lipinski definition) is 2. The van der Waals surface area contributed by atoms with E-state index in [-0.39, 0.29) is 0 Å². The molecule has 2 heterocycles. The molecule has 0 spiro atoms. The van der Waals surface area contributed by atoms with Crippen molar-refractivity contribution in [3.05, 3.63) is 23.9 Å². The molecule has 0 aliphatic carbocycles. The second-order valence-corrected chi connectivity index (χ2v) is 3.03.